The lowest BCUT2D eigenvalue weighted by molar-refractivity contribution is 0.421. The molecule has 22 heavy (non-hydrogen) atoms. The highest BCUT2D eigenvalue weighted by Gasteiger charge is 2.27. The Morgan fingerprint density at radius 3 is 2.73 bits per heavy atom. The smallest absolute Gasteiger partial charge is 0.266 e. The van der Waals surface area contributed by atoms with Crippen LogP contribution in [0.2, 0.25) is 0 Å². The molecule has 0 atom stereocenters. The van der Waals surface area contributed by atoms with Crippen LogP contribution >= 0.6 is 0 Å². The maximum atomic E-state index is 12.8. The maximum Gasteiger partial charge on any atom is 0.266 e. The van der Waals surface area contributed by atoms with E-state index in [0.29, 0.717) is 24.1 Å². The van der Waals surface area contributed by atoms with Gasteiger partial charge in [0.25, 0.3) is 5.56 Å². The topological polar surface area (TPSA) is 83.1 Å². The lowest BCUT2D eigenvalue weighted by atomic mass is 10.1. The highest BCUT2D eigenvalue weighted by Crippen LogP contribution is 2.25. The second-order valence-corrected chi connectivity index (χ2v) is 7.51. The van der Waals surface area contributed by atoms with Crippen LogP contribution in [0.15, 0.2) is 45.2 Å². The van der Waals surface area contributed by atoms with Crippen molar-refractivity contribution in [1.29, 1.82) is 0 Å². The molecule has 0 radical (unpaired) electrons. The molecule has 1 aromatic carbocycles. The Bertz CT molecular complexity index is 928. The number of nitrogens with one attached hydrogen (secondary N) is 1. The molecule has 1 aromatic heterocycles. The second kappa shape index (κ2) is 5.33. The fourth-order valence-corrected chi connectivity index (χ4v) is 4.01. The minimum atomic E-state index is -3.55. The summed E-state index contributed by atoms with van der Waals surface area (Å²) < 4.78 is 27.0. The summed E-state index contributed by atoms with van der Waals surface area (Å²) in [6.07, 6.45) is 1.90. The number of nitrogens with zero attached hydrogens (tertiary/aromatic N) is 2. The van der Waals surface area contributed by atoms with E-state index in [9.17, 15) is 13.2 Å². The number of benzene rings is 1. The van der Waals surface area contributed by atoms with E-state index in [0.717, 1.165) is 18.2 Å². The first-order valence-corrected chi connectivity index (χ1v) is 8.46. The number of fused-ring (bicyclic) bond motifs is 1. The third-order valence-electron chi connectivity index (χ3n) is 4.06. The van der Waals surface area contributed by atoms with Crippen LogP contribution in [0.4, 0.5) is 0 Å². The molecule has 0 aliphatic carbocycles. The number of hydrogen-bond donors (Lipinski definition) is 1. The minimum Gasteiger partial charge on any atom is -0.319 e. The molecule has 0 unspecified atom stereocenters. The van der Waals surface area contributed by atoms with Crippen LogP contribution in [-0.4, -0.2) is 35.8 Å². The van der Waals surface area contributed by atoms with Gasteiger partial charge in [-0.05, 0) is 38.5 Å². The average Bonchev–Trinajstić information content (AvgIpc) is 2.49. The predicted octanol–water partition coefficient (Wildman–Crippen LogP) is 1.65. The lowest BCUT2D eigenvalue weighted by Crippen LogP contribution is -2.36. The van der Waals surface area contributed by atoms with Gasteiger partial charge in [0.05, 0.1) is 22.1 Å². The van der Waals surface area contributed by atoms with Crippen LogP contribution in [0.5, 0.6) is 0 Å². The summed E-state index contributed by atoms with van der Waals surface area (Å²) in [5.41, 5.74) is 3.02. The van der Waals surface area contributed by atoms with E-state index >= 15 is 0 Å². The molecular formula is C15H17N3O3S. The van der Waals surface area contributed by atoms with Crippen molar-refractivity contribution in [3.05, 3.63) is 45.9 Å². The van der Waals surface area contributed by atoms with E-state index in [-0.39, 0.29) is 10.5 Å². The first kappa shape index (κ1) is 14.9. The molecule has 2 aromatic rings. The van der Waals surface area contributed by atoms with Gasteiger partial charge in [0.1, 0.15) is 0 Å². The van der Waals surface area contributed by atoms with Crippen LogP contribution in [-0.2, 0) is 10.0 Å². The second-order valence-electron chi connectivity index (χ2n) is 5.58. The first-order chi connectivity index (χ1) is 10.4. The Morgan fingerprint density at radius 1 is 1.23 bits per heavy atom. The number of aromatic amines is 1. The average molecular weight is 319 g/mol. The summed E-state index contributed by atoms with van der Waals surface area (Å²) >= 11 is 0. The summed E-state index contributed by atoms with van der Waals surface area (Å²) in [6, 6.07) is 4.59. The Balaban J connectivity index is 2.02. The van der Waals surface area contributed by atoms with Crippen molar-refractivity contribution in [2.45, 2.75) is 25.2 Å². The summed E-state index contributed by atoms with van der Waals surface area (Å²) in [4.78, 5) is 18.0. The molecule has 0 saturated heterocycles. The van der Waals surface area contributed by atoms with E-state index < -0.39 is 10.0 Å². The SMILES string of the molecule is CC1=C(C)CN(S(=O)(=O)c2ccc3[nH]c(=O)cnc3c2)CC1. The molecule has 7 heteroatoms. The van der Waals surface area contributed by atoms with Gasteiger partial charge in [-0.2, -0.15) is 4.31 Å². The van der Waals surface area contributed by atoms with Crippen LogP contribution < -0.4 is 5.56 Å². The van der Waals surface area contributed by atoms with Crippen molar-refractivity contribution in [3.8, 4) is 0 Å². The molecule has 1 aliphatic rings. The molecule has 1 N–H and O–H groups in total. The molecule has 1 aliphatic heterocycles. The predicted molar refractivity (Wildman–Crippen MR) is 84.1 cm³/mol. The van der Waals surface area contributed by atoms with Gasteiger partial charge in [0.2, 0.25) is 10.0 Å². The Kier molecular flexibility index (Phi) is 3.62. The minimum absolute atomic E-state index is 0.201. The summed E-state index contributed by atoms with van der Waals surface area (Å²) in [7, 11) is -3.55. The largest absolute Gasteiger partial charge is 0.319 e. The monoisotopic (exact) mass is 319 g/mol. The molecule has 0 spiro atoms. The molecule has 3 rings (SSSR count). The normalized spacial score (nSPS) is 17.2. The number of rotatable bonds is 2. The van der Waals surface area contributed by atoms with Crippen molar-refractivity contribution in [2.24, 2.45) is 0 Å². The Labute approximate surface area is 128 Å². The van der Waals surface area contributed by atoms with Crippen LogP contribution in [0.25, 0.3) is 11.0 Å². The van der Waals surface area contributed by atoms with Crippen LogP contribution in [0, 0.1) is 0 Å². The molecular weight excluding hydrogens is 302 g/mol. The van der Waals surface area contributed by atoms with Gasteiger partial charge in [-0.1, -0.05) is 11.1 Å². The first-order valence-electron chi connectivity index (χ1n) is 7.02. The standard InChI is InChI=1S/C15H17N3O3S/c1-10-5-6-18(9-11(10)2)22(20,21)12-3-4-13-14(7-12)16-8-15(19)17-13/h3-4,7-8H,5-6,9H2,1-2H3,(H,17,19). The molecule has 0 saturated carbocycles. The van der Waals surface area contributed by atoms with Gasteiger partial charge in [0.15, 0.2) is 0 Å². The van der Waals surface area contributed by atoms with Crippen molar-refractivity contribution in [3.63, 3.8) is 0 Å². The fraction of sp³-hybridized carbons (Fsp3) is 0.333. The van der Waals surface area contributed by atoms with E-state index in [1.807, 2.05) is 13.8 Å². The third-order valence-corrected chi connectivity index (χ3v) is 5.91. The number of hydrogen-bond acceptors (Lipinski definition) is 4. The molecule has 2 heterocycles. The molecule has 0 fully saturated rings. The Morgan fingerprint density at radius 2 is 2.00 bits per heavy atom. The number of aromatic nitrogens is 2. The maximum absolute atomic E-state index is 12.8. The van der Waals surface area contributed by atoms with Crippen molar-refractivity contribution in [2.75, 3.05) is 13.1 Å². The quantitative estimate of drug-likeness (QED) is 0.853. The highest BCUT2D eigenvalue weighted by molar-refractivity contribution is 7.89. The summed E-state index contributed by atoms with van der Waals surface area (Å²) in [5.74, 6) is 0. The molecule has 0 amide bonds. The van der Waals surface area contributed by atoms with E-state index in [1.165, 1.54) is 22.0 Å². The van der Waals surface area contributed by atoms with E-state index in [2.05, 4.69) is 9.97 Å². The zero-order valence-corrected chi connectivity index (χ0v) is 13.3. The van der Waals surface area contributed by atoms with Gasteiger partial charge in [-0.25, -0.2) is 13.4 Å². The van der Waals surface area contributed by atoms with Crippen molar-refractivity contribution >= 4 is 21.1 Å². The lowest BCUT2D eigenvalue weighted by Gasteiger charge is -2.27. The summed E-state index contributed by atoms with van der Waals surface area (Å²) in [5, 5.41) is 0. The molecule has 116 valence electrons. The van der Waals surface area contributed by atoms with Crippen molar-refractivity contribution < 1.29 is 8.42 Å². The molecule has 6 nitrogen and oxygen atoms in total. The van der Waals surface area contributed by atoms with Gasteiger partial charge < -0.3 is 4.98 Å². The number of H-pyrrole nitrogens is 1. The van der Waals surface area contributed by atoms with E-state index in [1.54, 1.807) is 6.07 Å². The summed E-state index contributed by atoms with van der Waals surface area (Å²) in [6.45, 7) is 4.91. The van der Waals surface area contributed by atoms with Gasteiger partial charge in [-0.3, -0.25) is 4.79 Å². The van der Waals surface area contributed by atoms with Crippen LogP contribution in [0.1, 0.15) is 20.3 Å². The van der Waals surface area contributed by atoms with E-state index in [4.69, 9.17) is 0 Å². The zero-order valence-electron chi connectivity index (χ0n) is 12.5. The van der Waals surface area contributed by atoms with Gasteiger partial charge >= 0.3 is 0 Å². The fourth-order valence-electron chi connectivity index (χ4n) is 2.52. The van der Waals surface area contributed by atoms with Crippen LogP contribution in [0.3, 0.4) is 0 Å². The van der Waals surface area contributed by atoms with Gasteiger partial charge in [-0.15, -0.1) is 0 Å². The number of sulfonamides is 1. The Hall–Kier alpha value is -1.99. The van der Waals surface area contributed by atoms with Gasteiger partial charge in [0, 0.05) is 13.1 Å². The third kappa shape index (κ3) is 2.57. The molecule has 0 bridgehead atoms. The van der Waals surface area contributed by atoms with Crippen molar-refractivity contribution in [1.82, 2.24) is 14.3 Å². The highest BCUT2D eigenvalue weighted by atomic mass is 32.2. The zero-order chi connectivity index (χ0) is 15.9.